The molecule has 0 aliphatic rings. The van der Waals surface area contributed by atoms with Crippen LogP contribution >= 0.6 is 0 Å². The highest BCUT2D eigenvalue weighted by Gasteiger charge is 2.08. The Bertz CT molecular complexity index is 486. The molecule has 0 spiro atoms. The van der Waals surface area contributed by atoms with Gasteiger partial charge in [-0.1, -0.05) is 13.0 Å². The highest BCUT2D eigenvalue weighted by molar-refractivity contribution is 5.92. The molecule has 5 heteroatoms. The molecule has 1 atom stereocenters. The van der Waals surface area contributed by atoms with E-state index in [4.69, 9.17) is 5.26 Å². The van der Waals surface area contributed by atoms with Crippen molar-refractivity contribution >= 4 is 12.0 Å². The maximum absolute atomic E-state index is 13.2. The van der Waals surface area contributed by atoms with Crippen molar-refractivity contribution in [3.8, 4) is 6.07 Å². The number of carbonyl (C=O) groups is 1. The molecule has 1 amide bonds. The maximum Gasteiger partial charge on any atom is 0.245 e. The largest absolute Gasteiger partial charge is 0.337 e. The molecule has 0 fully saturated rings. The molecule has 0 bridgehead atoms. The lowest BCUT2D eigenvalue weighted by molar-refractivity contribution is -0.116. The first-order chi connectivity index (χ1) is 8.58. The lowest BCUT2D eigenvalue weighted by atomic mass is 10.2. The van der Waals surface area contributed by atoms with Crippen LogP contribution in [0.2, 0.25) is 0 Å². The molecule has 1 aromatic carbocycles. The molecule has 0 saturated carbocycles. The molecular weight excluding hydrogens is 238 g/mol. The summed E-state index contributed by atoms with van der Waals surface area (Å²) in [5, 5.41) is 11.0. The third kappa shape index (κ3) is 3.67. The minimum absolute atomic E-state index is 0.280. The van der Waals surface area contributed by atoms with Crippen LogP contribution in [0.15, 0.2) is 24.3 Å². The van der Waals surface area contributed by atoms with Gasteiger partial charge in [0.05, 0.1) is 6.07 Å². The Labute approximate surface area is 104 Å². The van der Waals surface area contributed by atoms with Crippen LogP contribution in [-0.4, -0.2) is 11.9 Å². The molecule has 0 radical (unpaired) electrons. The van der Waals surface area contributed by atoms with Gasteiger partial charge in [-0.3, -0.25) is 4.79 Å². The Morgan fingerprint density at radius 1 is 1.50 bits per heavy atom. The van der Waals surface area contributed by atoms with Crippen molar-refractivity contribution < 1.29 is 13.6 Å². The number of carbonyl (C=O) groups excluding carboxylic acids is 1. The summed E-state index contributed by atoms with van der Waals surface area (Å²) in [6, 6.07) is 4.73. The van der Waals surface area contributed by atoms with Crippen LogP contribution in [0.1, 0.15) is 18.9 Å². The minimum atomic E-state index is -0.744. The van der Waals surface area contributed by atoms with Crippen LogP contribution in [0.25, 0.3) is 6.08 Å². The lowest BCUT2D eigenvalue weighted by Crippen LogP contribution is -2.31. The summed E-state index contributed by atoms with van der Waals surface area (Å²) in [6.45, 7) is 1.74. The molecule has 0 unspecified atom stereocenters. The zero-order valence-electron chi connectivity index (χ0n) is 9.78. The van der Waals surface area contributed by atoms with Gasteiger partial charge in [-0.25, -0.2) is 8.78 Å². The van der Waals surface area contributed by atoms with Crippen molar-refractivity contribution in [2.24, 2.45) is 0 Å². The maximum atomic E-state index is 13.2. The second-order valence-electron chi connectivity index (χ2n) is 3.57. The van der Waals surface area contributed by atoms with E-state index in [1.165, 1.54) is 6.07 Å². The molecule has 0 aliphatic heterocycles. The number of nitriles is 1. The number of nitrogens with zero attached hydrogens (tertiary/aromatic N) is 1. The van der Waals surface area contributed by atoms with Gasteiger partial charge in [0.25, 0.3) is 0 Å². The van der Waals surface area contributed by atoms with E-state index in [9.17, 15) is 13.6 Å². The second-order valence-corrected chi connectivity index (χ2v) is 3.57. The molecule has 0 heterocycles. The van der Waals surface area contributed by atoms with Crippen molar-refractivity contribution in [1.29, 1.82) is 5.26 Å². The van der Waals surface area contributed by atoms with E-state index in [1.54, 1.807) is 6.92 Å². The SMILES string of the molecule is CC[C@H](C#N)NC(=O)/C=C\c1c(F)cccc1F. The molecule has 0 aliphatic carbocycles. The Hall–Kier alpha value is -2.22. The van der Waals surface area contributed by atoms with Gasteiger partial charge in [-0.15, -0.1) is 0 Å². The van der Waals surface area contributed by atoms with Gasteiger partial charge in [-0.05, 0) is 24.6 Å². The standard InChI is InChI=1S/C13H12F2N2O/c1-2-9(8-16)17-13(18)7-6-10-11(14)4-3-5-12(10)15/h3-7,9H,2H2,1H3,(H,17,18)/b7-6-/t9-/m1/s1. The van der Waals surface area contributed by atoms with Crippen molar-refractivity contribution in [2.75, 3.05) is 0 Å². The Morgan fingerprint density at radius 3 is 2.61 bits per heavy atom. The number of benzene rings is 1. The molecule has 1 aromatic rings. The summed E-state index contributed by atoms with van der Waals surface area (Å²) < 4.78 is 26.4. The first kappa shape index (κ1) is 13.8. The summed E-state index contributed by atoms with van der Waals surface area (Å²) in [5.74, 6) is -2.05. The van der Waals surface area contributed by atoms with Crippen LogP contribution in [0.5, 0.6) is 0 Å². The lowest BCUT2D eigenvalue weighted by Gasteiger charge is -2.05. The van der Waals surface area contributed by atoms with Crippen LogP contribution in [-0.2, 0) is 4.79 Å². The predicted molar refractivity (Wildman–Crippen MR) is 63.2 cm³/mol. The van der Waals surface area contributed by atoms with Gasteiger partial charge in [0.1, 0.15) is 17.7 Å². The van der Waals surface area contributed by atoms with E-state index >= 15 is 0 Å². The molecule has 3 nitrogen and oxygen atoms in total. The first-order valence-corrected chi connectivity index (χ1v) is 5.40. The molecule has 18 heavy (non-hydrogen) atoms. The predicted octanol–water partition coefficient (Wildman–Crippen LogP) is 2.40. The fraction of sp³-hybridized carbons (Fsp3) is 0.231. The van der Waals surface area contributed by atoms with Gasteiger partial charge in [0.2, 0.25) is 5.91 Å². The quantitative estimate of drug-likeness (QED) is 0.834. The molecule has 0 saturated heterocycles. The van der Waals surface area contributed by atoms with Crippen LogP contribution < -0.4 is 5.32 Å². The smallest absolute Gasteiger partial charge is 0.245 e. The Morgan fingerprint density at radius 2 is 2.11 bits per heavy atom. The van der Waals surface area contributed by atoms with E-state index in [0.717, 1.165) is 24.3 Å². The van der Waals surface area contributed by atoms with Gasteiger partial charge in [0.15, 0.2) is 0 Å². The van der Waals surface area contributed by atoms with Gasteiger partial charge < -0.3 is 5.32 Å². The van der Waals surface area contributed by atoms with Crippen molar-refractivity contribution in [2.45, 2.75) is 19.4 Å². The number of nitrogens with one attached hydrogen (secondary N) is 1. The van der Waals surface area contributed by atoms with Gasteiger partial charge >= 0.3 is 0 Å². The van der Waals surface area contributed by atoms with E-state index < -0.39 is 23.6 Å². The normalized spacial score (nSPS) is 12.1. The molecule has 0 aromatic heterocycles. The number of amides is 1. The summed E-state index contributed by atoms with van der Waals surface area (Å²) in [7, 11) is 0. The van der Waals surface area contributed by atoms with E-state index in [-0.39, 0.29) is 5.56 Å². The number of halogens is 2. The van der Waals surface area contributed by atoms with E-state index in [1.807, 2.05) is 6.07 Å². The fourth-order valence-electron chi connectivity index (χ4n) is 1.27. The molecule has 94 valence electrons. The minimum Gasteiger partial charge on any atom is -0.337 e. The Balaban J connectivity index is 2.76. The molecular formula is C13H12F2N2O. The summed E-state index contributed by atoms with van der Waals surface area (Å²) in [6.07, 6.45) is 2.51. The first-order valence-electron chi connectivity index (χ1n) is 5.40. The van der Waals surface area contributed by atoms with Gasteiger partial charge in [0, 0.05) is 11.6 Å². The van der Waals surface area contributed by atoms with Crippen molar-refractivity contribution in [1.82, 2.24) is 5.32 Å². The number of hydrogen-bond acceptors (Lipinski definition) is 2. The molecule has 1 rings (SSSR count). The number of hydrogen-bond donors (Lipinski definition) is 1. The van der Waals surface area contributed by atoms with Crippen LogP contribution in [0.4, 0.5) is 8.78 Å². The monoisotopic (exact) mass is 250 g/mol. The highest BCUT2D eigenvalue weighted by atomic mass is 19.1. The second kappa shape index (κ2) is 6.50. The summed E-state index contributed by atoms with van der Waals surface area (Å²) in [4.78, 5) is 11.4. The zero-order chi connectivity index (χ0) is 13.5. The van der Waals surface area contributed by atoms with Crippen LogP contribution in [0, 0.1) is 23.0 Å². The number of rotatable bonds is 4. The summed E-state index contributed by atoms with van der Waals surface area (Å²) >= 11 is 0. The fourth-order valence-corrected chi connectivity index (χ4v) is 1.27. The molecule has 1 N–H and O–H groups in total. The Kier molecular flexibility index (Phi) is 5.00. The van der Waals surface area contributed by atoms with Crippen molar-refractivity contribution in [3.63, 3.8) is 0 Å². The third-order valence-electron chi connectivity index (χ3n) is 2.28. The average Bonchev–Trinajstić information content (AvgIpc) is 2.35. The highest BCUT2D eigenvalue weighted by Crippen LogP contribution is 2.13. The third-order valence-corrected chi connectivity index (χ3v) is 2.28. The van der Waals surface area contributed by atoms with Gasteiger partial charge in [-0.2, -0.15) is 5.26 Å². The van der Waals surface area contributed by atoms with Crippen molar-refractivity contribution in [3.05, 3.63) is 41.5 Å². The zero-order valence-corrected chi connectivity index (χ0v) is 9.78. The topological polar surface area (TPSA) is 52.9 Å². The van der Waals surface area contributed by atoms with E-state index in [2.05, 4.69) is 5.32 Å². The van der Waals surface area contributed by atoms with Crippen LogP contribution in [0.3, 0.4) is 0 Å². The average molecular weight is 250 g/mol. The van der Waals surface area contributed by atoms with E-state index in [0.29, 0.717) is 6.42 Å². The summed E-state index contributed by atoms with van der Waals surface area (Å²) in [5.41, 5.74) is -0.280.